The van der Waals surface area contributed by atoms with Gasteiger partial charge in [-0.05, 0) is 45.3 Å². The van der Waals surface area contributed by atoms with E-state index < -0.39 is 11.5 Å². The Balaban J connectivity index is 1.56. The summed E-state index contributed by atoms with van der Waals surface area (Å²) in [4.78, 5) is 21.0. The normalized spacial score (nSPS) is 11.2. The van der Waals surface area contributed by atoms with E-state index in [2.05, 4.69) is 105 Å². The molecule has 0 unspecified atom stereocenters. The van der Waals surface area contributed by atoms with Gasteiger partial charge in [0.05, 0.1) is 19.3 Å². The third-order valence-corrected chi connectivity index (χ3v) is 7.27. The lowest BCUT2D eigenvalue weighted by atomic mass is 9.76. The highest BCUT2D eigenvalue weighted by Crippen LogP contribution is 2.41. The first-order valence-corrected chi connectivity index (χ1v) is 13.3. The Bertz CT molecular complexity index is 1410. The van der Waals surface area contributed by atoms with E-state index in [-0.39, 0.29) is 0 Å². The summed E-state index contributed by atoms with van der Waals surface area (Å²) in [5.74, 6) is 0.952. The maximum atomic E-state index is 12.0. The van der Waals surface area contributed by atoms with E-state index in [4.69, 9.17) is 14.5 Å². The van der Waals surface area contributed by atoms with Crippen molar-refractivity contribution >= 4 is 28.6 Å². The Kier molecular flexibility index (Phi) is 7.83. The fourth-order valence-corrected chi connectivity index (χ4v) is 5.24. The van der Waals surface area contributed by atoms with E-state index in [1.165, 1.54) is 13.3 Å². The van der Waals surface area contributed by atoms with Gasteiger partial charge in [0.15, 0.2) is 5.75 Å². The van der Waals surface area contributed by atoms with Crippen LogP contribution in [-0.4, -0.2) is 34.2 Å². The second kappa shape index (κ2) is 11.6. The number of hydrogen-bond acceptors (Lipinski definition) is 5. The number of aromatic nitrogens is 3. The topological polar surface area (TPSA) is 66.2 Å². The van der Waals surface area contributed by atoms with Crippen molar-refractivity contribution in [3.05, 3.63) is 147 Å². The van der Waals surface area contributed by atoms with E-state index in [1.807, 2.05) is 30.6 Å². The number of rotatable bonds is 9. The van der Waals surface area contributed by atoms with Gasteiger partial charge in [0.25, 0.3) is 0 Å². The molecule has 0 amide bonds. The molecule has 0 radical (unpaired) electrons. The molecule has 190 valence electrons. The molecule has 6 nitrogen and oxygen atoms in total. The van der Waals surface area contributed by atoms with E-state index >= 15 is 0 Å². The molecule has 0 atom stereocenters. The molecule has 3 aromatic carbocycles. The van der Waals surface area contributed by atoms with Crippen LogP contribution in [0.4, 0.5) is 0 Å². The summed E-state index contributed by atoms with van der Waals surface area (Å²) < 4.78 is 13.8. The van der Waals surface area contributed by atoms with Gasteiger partial charge in [0.2, 0.25) is 0 Å². The first kappa shape index (κ1) is 25.7. The number of esters is 1. The smallest absolute Gasteiger partial charge is 0.339 e. The van der Waals surface area contributed by atoms with Crippen molar-refractivity contribution in [2.24, 2.45) is 0 Å². The van der Waals surface area contributed by atoms with Crippen LogP contribution >= 0.6 is 22.6 Å². The minimum absolute atomic E-state index is 0.348. The minimum atomic E-state index is -0.642. The predicted molar refractivity (Wildman–Crippen MR) is 154 cm³/mol. The summed E-state index contributed by atoms with van der Waals surface area (Å²) in [6.07, 6.45) is 5.90. The number of carbonyl (C=O) groups is 1. The van der Waals surface area contributed by atoms with Gasteiger partial charge in [-0.15, -0.1) is 0 Å². The van der Waals surface area contributed by atoms with Gasteiger partial charge >= 0.3 is 5.97 Å². The summed E-state index contributed by atoms with van der Waals surface area (Å²) in [6, 6.07) is 33.1. The molecule has 0 spiro atoms. The zero-order valence-electron chi connectivity index (χ0n) is 20.8. The third-order valence-electron chi connectivity index (χ3n) is 6.46. The van der Waals surface area contributed by atoms with E-state index in [1.54, 1.807) is 6.07 Å². The van der Waals surface area contributed by atoms with Crippen molar-refractivity contribution < 1.29 is 14.3 Å². The number of nitrogens with zero attached hydrogens (tertiary/aromatic N) is 3. The van der Waals surface area contributed by atoms with Crippen LogP contribution in [0.1, 0.15) is 32.9 Å². The van der Waals surface area contributed by atoms with Gasteiger partial charge in [-0.3, -0.25) is 0 Å². The second-order valence-corrected chi connectivity index (χ2v) is 9.65. The highest BCUT2D eigenvalue weighted by atomic mass is 127. The number of imidazole rings is 1. The molecule has 5 rings (SSSR count). The highest BCUT2D eigenvalue weighted by Gasteiger charge is 2.39. The Morgan fingerprint density at radius 2 is 1.42 bits per heavy atom. The molecule has 2 heterocycles. The van der Waals surface area contributed by atoms with Crippen molar-refractivity contribution in [2.45, 2.75) is 12.0 Å². The first-order valence-electron chi connectivity index (χ1n) is 12.2. The largest absolute Gasteiger partial charge is 0.490 e. The average molecular weight is 615 g/mol. The van der Waals surface area contributed by atoms with Crippen LogP contribution in [0.3, 0.4) is 0 Å². The van der Waals surface area contributed by atoms with Gasteiger partial charge in [-0.25, -0.2) is 14.8 Å². The van der Waals surface area contributed by atoms with Crippen LogP contribution in [0.15, 0.2) is 116 Å². The molecular weight excluding hydrogens is 589 g/mol. The first-order chi connectivity index (χ1) is 18.6. The number of hydrogen-bond donors (Lipinski definition) is 0. The van der Waals surface area contributed by atoms with Gasteiger partial charge < -0.3 is 14.0 Å². The van der Waals surface area contributed by atoms with Crippen molar-refractivity contribution in [3.8, 4) is 5.75 Å². The van der Waals surface area contributed by atoms with Crippen LogP contribution in [0.5, 0.6) is 5.75 Å². The van der Waals surface area contributed by atoms with Crippen LogP contribution < -0.4 is 4.74 Å². The number of halogens is 1. The van der Waals surface area contributed by atoms with Crippen molar-refractivity contribution in [1.29, 1.82) is 0 Å². The lowest BCUT2D eigenvalue weighted by Crippen LogP contribution is -2.38. The fourth-order valence-electron chi connectivity index (χ4n) is 4.79. The average Bonchev–Trinajstić information content (AvgIpc) is 3.44. The summed E-state index contributed by atoms with van der Waals surface area (Å²) in [5, 5.41) is 0. The number of benzene rings is 3. The summed E-state index contributed by atoms with van der Waals surface area (Å²) in [5.41, 5.74) is 3.09. The van der Waals surface area contributed by atoms with E-state index in [0.29, 0.717) is 28.0 Å². The lowest BCUT2D eigenvalue weighted by Gasteiger charge is -2.38. The number of ether oxygens (including phenoxy) is 2. The lowest BCUT2D eigenvalue weighted by molar-refractivity contribution is 0.0599. The predicted octanol–water partition coefficient (Wildman–Crippen LogP) is 6.13. The molecule has 0 aliphatic carbocycles. The molecule has 2 aromatic heterocycles. The van der Waals surface area contributed by atoms with Crippen LogP contribution in [0, 0.1) is 3.70 Å². The SMILES string of the molecule is COC(=O)c1cnc(I)c(OCCc2nccn2C(c2ccccc2)(c2ccccc2)c2ccccc2)c1. The summed E-state index contributed by atoms with van der Waals surface area (Å²) >= 11 is 2.10. The summed E-state index contributed by atoms with van der Waals surface area (Å²) in [6.45, 7) is 0.355. The van der Waals surface area contributed by atoms with Gasteiger partial charge in [0, 0.05) is 25.0 Å². The van der Waals surface area contributed by atoms with Gasteiger partial charge in [-0.1, -0.05) is 91.0 Å². The van der Waals surface area contributed by atoms with Crippen LogP contribution in [0.25, 0.3) is 0 Å². The standard InChI is InChI=1S/C31H26IN3O3/c1-37-30(36)23-21-27(29(32)34-22-23)38-20-17-28-33-18-19-35(28)31(24-11-5-2-6-12-24,25-13-7-3-8-14-25)26-15-9-4-10-16-26/h2-16,18-19,21-22H,17,20H2,1H3. The maximum absolute atomic E-state index is 12.0. The molecule has 0 fully saturated rings. The Labute approximate surface area is 235 Å². The van der Waals surface area contributed by atoms with Gasteiger partial charge in [-0.2, -0.15) is 0 Å². The Morgan fingerprint density at radius 1 is 0.868 bits per heavy atom. The zero-order valence-corrected chi connectivity index (χ0v) is 23.0. The molecule has 0 aliphatic rings. The molecule has 0 bridgehead atoms. The zero-order chi connectivity index (χ0) is 26.4. The Hall–Kier alpha value is -3.98. The number of methoxy groups -OCH3 is 1. The molecule has 38 heavy (non-hydrogen) atoms. The number of carbonyl (C=O) groups excluding carboxylic acids is 1. The quantitative estimate of drug-likeness (QED) is 0.0865. The molecule has 0 saturated carbocycles. The minimum Gasteiger partial charge on any atom is -0.490 e. The molecule has 5 aromatic rings. The van der Waals surface area contributed by atoms with Crippen molar-refractivity contribution in [3.63, 3.8) is 0 Å². The van der Waals surface area contributed by atoms with E-state index in [9.17, 15) is 4.79 Å². The molecule has 0 saturated heterocycles. The van der Waals surface area contributed by atoms with Crippen molar-refractivity contribution in [2.75, 3.05) is 13.7 Å². The Morgan fingerprint density at radius 3 is 1.95 bits per heavy atom. The third kappa shape index (κ3) is 4.93. The fraction of sp³-hybridized carbons (Fsp3) is 0.129. The van der Waals surface area contributed by atoms with Gasteiger partial charge in [0.1, 0.15) is 15.1 Å². The highest BCUT2D eigenvalue weighted by molar-refractivity contribution is 14.1. The second-order valence-electron chi connectivity index (χ2n) is 8.62. The van der Waals surface area contributed by atoms with Crippen molar-refractivity contribution in [1.82, 2.24) is 14.5 Å². The number of pyridine rings is 1. The molecular formula is C31H26IN3O3. The molecule has 0 N–H and O–H groups in total. The van der Waals surface area contributed by atoms with E-state index in [0.717, 1.165) is 22.5 Å². The monoisotopic (exact) mass is 615 g/mol. The molecule has 7 heteroatoms. The van der Waals surface area contributed by atoms with Crippen LogP contribution in [0.2, 0.25) is 0 Å². The summed E-state index contributed by atoms with van der Waals surface area (Å²) in [7, 11) is 1.35. The van der Waals surface area contributed by atoms with Crippen LogP contribution in [-0.2, 0) is 16.7 Å². The maximum Gasteiger partial charge on any atom is 0.339 e. The molecule has 0 aliphatic heterocycles.